The minimum absolute atomic E-state index is 0.342. The summed E-state index contributed by atoms with van der Waals surface area (Å²) in [4.78, 5) is 0. The first kappa shape index (κ1) is 51.2. The van der Waals surface area contributed by atoms with Crippen molar-refractivity contribution in [2.24, 2.45) is 0 Å². The van der Waals surface area contributed by atoms with Gasteiger partial charge in [0.1, 0.15) is 58.4 Å². The largest absolute Gasteiger partial charge is 0.298 e. The maximum Gasteiger partial charge on any atom is 0.200 e. The standard InChI is InChI=1S/C25H21N.C24BF20/c1-5-13-21(14-6-1)25(22-15-7-2-8-16-22,23-17-9-3-10-18-23)26-24-19-11-4-12-20-24;26-5-1(6(27)14(35)21(42)13(5)34)25(2-7(28)15(36)22(43)16(37)8(2)29,3-9(30)17(38)23(44)18(39)10(3)31)4-11(32)19(40)24(45)20(41)12(4)33/h1-20,26H;/q;-1/p+1. The summed E-state index contributed by atoms with van der Waals surface area (Å²) >= 11 is 0. The monoisotopic (exact) mass is 1020 g/mol. The van der Waals surface area contributed by atoms with E-state index < -0.39 is 144 Å². The van der Waals surface area contributed by atoms with E-state index >= 15 is 35.1 Å². The van der Waals surface area contributed by atoms with Gasteiger partial charge < -0.3 is 0 Å². The first-order valence-corrected chi connectivity index (χ1v) is 19.9. The van der Waals surface area contributed by atoms with Crippen LogP contribution < -0.4 is 27.2 Å². The fourth-order valence-electron chi connectivity index (χ4n) is 8.53. The van der Waals surface area contributed by atoms with E-state index in [1.54, 1.807) is 0 Å². The summed E-state index contributed by atoms with van der Waals surface area (Å²) in [5.74, 6) is -71.4. The maximum atomic E-state index is 15.4. The molecule has 0 aromatic heterocycles. The van der Waals surface area contributed by atoms with Gasteiger partial charge in [0.15, 0.2) is 75.3 Å². The van der Waals surface area contributed by atoms with Gasteiger partial charge in [-0.1, -0.05) is 109 Å². The molecule has 0 unspecified atom stereocenters. The molecule has 0 aliphatic rings. The Morgan fingerprint density at radius 2 is 0.394 bits per heavy atom. The lowest BCUT2D eigenvalue weighted by molar-refractivity contribution is -0.641. The van der Waals surface area contributed by atoms with Crippen LogP contribution in [0.4, 0.5) is 93.5 Å². The van der Waals surface area contributed by atoms with Crippen LogP contribution in [0.2, 0.25) is 0 Å². The number of para-hydroxylation sites is 1. The lowest BCUT2D eigenvalue weighted by Gasteiger charge is -2.44. The Kier molecular flexibility index (Phi) is 14.2. The van der Waals surface area contributed by atoms with E-state index in [9.17, 15) is 52.7 Å². The topological polar surface area (TPSA) is 16.6 Å². The highest BCUT2D eigenvalue weighted by atomic mass is 19.2. The van der Waals surface area contributed by atoms with E-state index in [1.165, 1.54) is 22.4 Å². The van der Waals surface area contributed by atoms with Crippen molar-refractivity contribution in [3.05, 3.63) is 254 Å². The second-order valence-corrected chi connectivity index (χ2v) is 15.3. The number of halogens is 20. The molecule has 0 aliphatic heterocycles. The second kappa shape index (κ2) is 19.6. The van der Waals surface area contributed by atoms with Crippen LogP contribution in [-0.2, 0) is 5.54 Å². The molecule has 71 heavy (non-hydrogen) atoms. The van der Waals surface area contributed by atoms with Crippen LogP contribution in [0.5, 0.6) is 0 Å². The summed E-state index contributed by atoms with van der Waals surface area (Å²) in [5, 5.41) is 2.38. The summed E-state index contributed by atoms with van der Waals surface area (Å²) < 4.78 is 294. The summed E-state index contributed by atoms with van der Waals surface area (Å²) in [5.41, 5.74) is -9.66. The van der Waals surface area contributed by atoms with Crippen molar-refractivity contribution >= 4 is 33.7 Å². The fourth-order valence-corrected chi connectivity index (χ4v) is 8.53. The SMILES string of the molecule is Fc1c(F)c(F)c([B-](c2c(F)c(F)c(F)c(F)c2F)(c2c(F)c(F)c(F)c(F)c2F)c2c(F)c(F)c(F)c(F)c2F)c(F)c1F.c1ccc([NH2+]C(c2ccccc2)(c2ccccc2)c2ccccc2)cc1. The number of benzene rings is 8. The molecule has 0 spiro atoms. The van der Waals surface area contributed by atoms with E-state index in [0.717, 1.165) is 0 Å². The van der Waals surface area contributed by atoms with Crippen LogP contribution in [0.15, 0.2) is 121 Å². The Morgan fingerprint density at radius 1 is 0.225 bits per heavy atom. The molecular formula is C49H22BF20N. The predicted octanol–water partition coefficient (Wildman–Crippen LogP) is 10.7. The molecule has 22 heteroatoms. The van der Waals surface area contributed by atoms with E-state index in [-0.39, 0.29) is 5.54 Å². The summed E-state index contributed by atoms with van der Waals surface area (Å²) in [6, 6.07) is 42.9. The number of hydrogen-bond donors (Lipinski definition) is 1. The third-order valence-electron chi connectivity index (χ3n) is 11.6. The highest BCUT2D eigenvalue weighted by Crippen LogP contribution is 2.35. The summed E-state index contributed by atoms with van der Waals surface area (Å²) in [6.45, 7) is 0. The van der Waals surface area contributed by atoms with Crippen LogP contribution in [0, 0.1) is 116 Å². The lowest BCUT2D eigenvalue weighted by atomic mass is 9.12. The molecule has 0 saturated heterocycles. The van der Waals surface area contributed by atoms with Crippen molar-refractivity contribution in [1.29, 1.82) is 0 Å². The molecule has 2 N–H and O–H groups in total. The Hall–Kier alpha value is -7.62. The molecule has 1 nitrogen and oxygen atoms in total. The third kappa shape index (κ3) is 8.12. The lowest BCUT2D eigenvalue weighted by Crippen LogP contribution is -2.90. The van der Waals surface area contributed by atoms with Crippen LogP contribution in [0.1, 0.15) is 16.7 Å². The Bertz CT molecular complexity index is 2850. The zero-order valence-electron chi connectivity index (χ0n) is 34.8. The highest BCUT2D eigenvalue weighted by Gasteiger charge is 2.52. The van der Waals surface area contributed by atoms with Crippen molar-refractivity contribution in [1.82, 2.24) is 0 Å². The molecule has 0 saturated carbocycles. The average Bonchev–Trinajstić information content (AvgIpc) is 3.39. The number of rotatable bonds is 9. The van der Waals surface area contributed by atoms with Gasteiger partial charge in [-0.3, -0.25) is 5.32 Å². The molecule has 0 atom stereocenters. The van der Waals surface area contributed by atoms with Gasteiger partial charge in [-0.25, -0.2) is 87.8 Å². The summed E-state index contributed by atoms with van der Waals surface area (Å²) in [6.07, 6.45) is -7.22. The minimum atomic E-state index is -7.22. The molecule has 0 amide bonds. The normalized spacial score (nSPS) is 11.7. The molecule has 0 heterocycles. The van der Waals surface area contributed by atoms with E-state index in [4.69, 9.17) is 0 Å². The van der Waals surface area contributed by atoms with Crippen LogP contribution >= 0.6 is 0 Å². The molecule has 0 radical (unpaired) electrons. The third-order valence-corrected chi connectivity index (χ3v) is 11.6. The molecule has 8 aromatic rings. The molecule has 366 valence electrons. The van der Waals surface area contributed by atoms with Crippen molar-refractivity contribution in [3.8, 4) is 0 Å². The van der Waals surface area contributed by atoms with Crippen LogP contribution in [0.3, 0.4) is 0 Å². The van der Waals surface area contributed by atoms with Gasteiger partial charge in [0.25, 0.3) is 0 Å². The fraction of sp³-hybridized carbons (Fsp3) is 0.0204. The maximum absolute atomic E-state index is 15.4. The number of quaternary nitrogens is 1. The Balaban J connectivity index is 0.000000240. The van der Waals surface area contributed by atoms with Crippen molar-refractivity contribution in [2.45, 2.75) is 5.54 Å². The zero-order chi connectivity index (χ0) is 52.0. The smallest absolute Gasteiger partial charge is 0.200 e. The van der Waals surface area contributed by atoms with E-state index in [2.05, 4.69) is 127 Å². The molecule has 0 bridgehead atoms. The zero-order valence-corrected chi connectivity index (χ0v) is 34.8. The van der Waals surface area contributed by atoms with Gasteiger partial charge in [-0.05, 0) is 12.1 Å². The van der Waals surface area contributed by atoms with Gasteiger partial charge >= 0.3 is 0 Å². The molecule has 8 rings (SSSR count). The Labute approximate surface area is 386 Å². The van der Waals surface area contributed by atoms with Crippen molar-refractivity contribution in [2.75, 3.05) is 0 Å². The van der Waals surface area contributed by atoms with Gasteiger partial charge in [-0.15, -0.1) is 21.9 Å². The van der Waals surface area contributed by atoms with Crippen LogP contribution in [-0.4, -0.2) is 6.15 Å². The van der Waals surface area contributed by atoms with Gasteiger partial charge in [0.05, 0.1) is 0 Å². The molecule has 8 aromatic carbocycles. The quantitative estimate of drug-likeness (QED) is 0.0371. The highest BCUT2D eigenvalue weighted by molar-refractivity contribution is 7.20. The number of nitrogens with two attached hydrogens (primary N) is 1. The summed E-state index contributed by atoms with van der Waals surface area (Å²) in [7, 11) is 0. The molecule has 0 fully saturated rings. The minimum Gasteiger partial charge on any atom is -0.298 e. The van der Waals surface area contributed by atoms with Crippen molar-refractivity contribution in [3.63, 3.8) is 0 Å². The van der Waals surface area contributed by atoms with Crippen LogP contribution in [0.25, 0.3) is 0 Å². The molecule has 0 aliphatic carbocycles. The molecular weight excluding hydrogens is 993 g/mol. The Morgan fingerprint density at radius 3 is 0.592 bits per heavy atom. The van der Waals surface area contributed by atoms with E-state index in [1.807, 2.05) is 0 Å². The average molecular weight is 1020 g/mol. The predicted molar refractivity (Wildman–Crippen MR) is 216 cm³/mol. The first-order valence-electron chi connectivity index (χ1n) is 19.9. The van der Waals surface area contributed by atoms with Gasteiger partial charge in [-0.2, -0.15) is 0 Å². The first-order chi connectivity index (χ1) is 33.6. The van der Waals surface area contributed by atoms with Gasteiger partial charge in [0, 0.05) is 16.7 Å². The van der Waals surface area contributed by atoms with E-state index in [0.29, 0.717) is 0 Å². The van der Waals surface area contributed by atoms with Gasteiger partial charge in [0.2, 0.25) is 0 Å². The number of hydrogen-bond acceptors (Lipinski definition) is 0. The second-order valence-electron chi connectivity index (χ2n) is 15.3. The van der Waals surface area contributed by atoms with Crippen molar-refractivity contribution < 1.29 is 93.1 Å².